The Morgan fingerprint density at radius 2 is 2.03 bits per heavy atom. The molecule has 1 aromatic carbocycles. The minimum Gasteiger partial charge on any atom is -0.327 e. The predicted molar refractivity (Wildman–Crippen MR) is 111 cm³/mol. The molecule has 1 aliphatic rings. The van der Waals surface area contributed by atoms with Gasteiger partial charge in [-0.3, -0.25) is 4.79 Å². The number of amides is 1. The lowest BCUT2D eigenvalue weighted by Crippen LogP contribution is -2.38. The second-order valence-electron chi connectivity index (χ2n) is 6.93. The Morgan fingerprint density at radius 1 is 1.33 bits per heavy atom. The van der Waals surface area contributed by atoms with Crippen molar-refractivity contribution in [2.24, 2.45) is 5.14 Å². The highest BCUT2D eigenvalue weighted by atomic mass is 35.5. The van der Waals surface area contributed by atoms with Gasteiger partial charge in [-0.05, 0) is 37.6 Å². The average molecular weight is 457 g/mol. The summed E-state index contributed by atoms with van der Waals surface area (Å²) in [5.74, 6) is -3.62. The summed E-state index contributed by atoms with van der Waals surface area (Å²) in [6.45, 7) is 2.56. The van der Waals surface area contributed by atoms with E-state index in [1.54, 1.807) is 13.8 Å². The van der Waals surface area contributed by atoms with Crippen LogP contribution in [0.3, 0.4) is 0 Å². The summed E-state index contributed by atoms with van der Waals surface area (Å²) in [7, 11) is -3.97. The number of carbonyl (C=O) groups is 1. The number of aryl methyl sites for hydroxylation is 1. The zero-order chi connectivity index (χ0) is 22.3. The van der Waals surface area contributed by atoms with E-state index in [4.69, 9.17) is 16.7 Å². The molecular formula is C19H19ClF2N4O3S. The van der Waals surface area contributed by atoms with Crippen LogP contribution in [0.25, 0.3) is 0 Å². The largest absolute Gasteiger partial charge is 0.327 e. The van der Waals surface area contributed by atoms with E-state index < -0.39 is 34.8 Å². The number of alkyl halides is 2. The number of allylic oxidation sites excluding steroid dienone is 1. The molecule has 0 unspecified atom stereocenters. The smallest absolute Gasteiger partial charge is 0.269 e. The van der Waals surface area contributed by atoms with Crippen molar-refractivity contribution in [3.05, 3.63) is 58.4 Å². The fourth-order valence-electron chi connectivity index (χ4n) is 3.10. The third-order valence-corrected chi connectivity index (χ3v) is 6.01. The summed E-state index contributed by atoms with van der Waals surface area (Å²) in [5, 5.41) is 7.92. The molecule has 7 nitrogen and oxygen atoms in total. The molecule has 11 heteroatoms. The molecule has 0 aliphatic carbocycles. The molecule has 2 heterocycles. The zero-order valence-corrected chi connectivity index (χ0v) is 17.7. The predicted octanol–water partition coefficient (Wildman–Crippen LogP) is 3.61. The van der Waals surface area contributed by atoms with Gasteiger partial charge in [0.05, 0.1) is 27.7 Å². The van der Waals surface area contributed by atoms with Crippen molar-refractivity contribution in [3.63, 3.8) is 0 Å². The standard InChI is InChI=1S/C19H19ClF2N4O3S/c1-11-15(18(27)25-13-5-3-6-14(9-13)30(23,28)29)17(24-12(2)16(11)20)26-8-4-7-19(21,22)10-26/h3-6,8-9H,7,10H2,1-2H3,(H,25,27)(H2,23,28,29). The molecule has 30 heavy (non-hydrogen) atoms. The number of nitrogens with one attached hydrogen (secondary N) is 1. The van der Waals surface area contributed by atoms with Crippen LogP contribution in [-0.4, -0.2) is 31.8 Å². The highest BCUT2D eigenvalue weighted by molar-refractivity contribution is 7.89. The number of rotatable bonds is 4. The van der Waals surface area contributed by atoms with E-state index in [0.29, 0.717) is 11.3 Å². The lowest BCUT2D eigenvalue weighted by atomic mass is 10.1. The molecule has 0 saturated heterocycles. The van der Waals surface area contributed by atoms with E-state index in [2.05, 4.69) is 10.3 Å². The van der Waals surface area contributed by atoms with Gasteiger partial charge in [-0.1, -0.05) is 23.7 Å². The van der Waals surface area contributed by atoms with Gasteiger partial charge in [0.2, 0.25) is 10.0 Å². The van der Waals surface area contributed by atoms with Crippen LogP contribution >= 0.6 is 11.6 Å². The number of aromatic nitrogens is 1. The number of sulfonamides is 1. The van der Waals surface area contributed by atoms with E-state index in [-0.39, 0.29) is 27.0 Å². The number of halogens is 3. The fourth-order valence-corrected chi connectivity index (χ4v) is 3.80. The molecule has 1 amide bonds. The summed E-state index contributed by atoms with van der Waals surface area (Å²) in [6, 6.07) is 5.37. The third kappa shape index (κ3) is 4.61. The van der Waals surface area contributed by atoms with Crippen LogP contribution in [0.15, 0.2) is 41.4 Å². The van der Waals surface area contributed by atoms with E-state index >= 15 is 0 Å². The van der Waals surface area contributed by atoms with Crippen molar-refractivity contribution < 1.29 is 22.0 Å². The van der Waals surface area contributed by atoms with Gasteiger partial charge in [0.1, 0.15) is 5.82 Å². The number of anilines is 2. The van der Waals surface area contributed by atoms with Crippen molar-refractivity contribution in [2.45, 2.75) is 31.1 Å². The van der Waals surface area contributed by atoms with Crippen LogP contribution in [0, 0.1) is 13.8 Å². The van der Waals surface area contributed by atoms with Crippen LogP contribution in [0.4, 0.5) is 20.3 Å². The van der Waals surface area contributed by atoms with Gasteiger partial charge < -0.3 is 10.2 Å². The first-order valence-electron chi connectivity index (χ1n) is 8.81. The van der Waals surface area contributed by atoms with Crippen LogP contribution in [0.1, 0.15) is 28.0 Å². The Hall–Kier alpha value is -2.56. The van der Waals surface area contributed by atoms with Crippen LogP contribution < -0.4 is 15.4 Å². The molecule has 0 saturated carbocycles. The normalized spacial score (nSPS) is 15.9. The second kappa shape index (κ2) is 7.93. The molecule has 3 N–H and O–H groups in total. The van der Waals surface area contributed by atoms with Gasteiger partial charge in [0, 0.05) is 18.3 Å². The van der Waals surface area contributed by atoms with E-state index in [9.17, 15) is 22.0 Å². The minimum absolute atomic E-state index is 0.00830. The highest BCUT2D eigenvalue weighted by Gasteiger charge is 2.35. The van der Waals surface area contributed by atoms with Crippen molar-refractivity contribution in [1.29, 1.82) is 0 Å². The van der Waals surface area contributed by atoms with Crippen molar-refractivity contribution in [1.82, 2.24) is 4.98 Å². The highest BCUT2D eigenvalue weighted by Crippen LogP contribution is 2.34. The number of carbonyl (C=O) groups excluding carboxylic acids is 1. The Balaban J connectivity index is 2.05. The zero-order valence-electron chi connectivity index (χ0n) is 16.1. The summed E-state index contributed by atoms with van der Waals surface area (Å²) in [5.41, 5.74) is 0.919. The van der Waals surface area contributed by atoms with Crippen molar-refractivity contribution >= 4 is 39.0 Å². The fraction of sp³-hybridized carbons (Fsp3) is 0.263. The number of primary sulfonamides is 1. The minimum atomic E-state index is -3.97. The summed E-state index contributed by atoms with van der Waals surface area (Å²) >= 11 is 6.26. The van der Waals surface area contributed by atoms with Crippen molar-refractivity contribution in [3.8, 4) is 0 Å². The lowest BCUT2D eigenvalue weighted by Gasteiger charge is -2.30. The molecule has 3 rings (SSSR count). The van der Waals surface area contributed by atoms with E-state index in [1.807, 2.05) is 0 Å². The van der Waals surface area contributed by atoms with Crippen LogP contribution in [-0.2, 0) is 10.0 Å². The van der Waals surface area contributed by atoms with Gasteiger partial charge in [0.15, 0.2) is 0 Å². The topological polar surface area (TPSA) is 105 Å². The molecule has 0 spiro atoms. The summed E-state index contributed by atoms with van der Waals surface area (Å²) in [6.07, 6.45) is 2.35. The Bertz CT molecular complexity index is 1150. The van der Waals surface area contributed by atoms with Gasteiger partial charge >= 0.3 is 0 Å². The Kier molecular flexibility index (Phi) is 5.85. The number of hydrogen-bond donors (Lipinski definition) is 2. The summed E-state index contributed by atoms with van der Waals surface area (Å²) in [4.78, 5) is 18.4. The number of pyridine rings is 1. The maximum atomic E-state index is 13.9. The molecule has 0 fully saturated rings. The van der Waals surface area contributed by atoms with Crippen LogP contribution in [0.2, 0.25) is 5.02 Å². The molecule has 1 aliphatic heterocycles. The first-order chi connectivity index (χ1) is 13.9. The Labute approximate surface area is 177 Å². The monoisotopic (exact) mass is 456 g/mol. The van der Waals surface area contributed by atoms with E-state index in [1.165, 1.54) is 41.4 Å². The van der Waals surface area contributed by atoms with Gasteiger partial charge in [0.25, 0.3) is 11.8 Å². The third-order valence-electron chi connectivity index (χ3n) is 4.54. The maximum absolute atomic E-state index is 13.9. The number of benzene rings is 1. The van der Waals surface area contributed by atoms with E-state index in [0.717, 1.165) is 0 Å². The molecule has 0 atom stereocenters. The first kappa shape index (κ1) is 22.1. The van der Waals surface area contributed by atoms with Crippen molar-refractivity contribution in [2.75, 3.05) is 16.8 Å². The van der Waals surface area contributed by atoms with Gasteiger partial charge in [-0.25, -0.2) is 27.3 Å². The molecule has 2 aromatic rings. The number of hydrogen-bond acceptors (Lipinski definition) is 5. The average Bonchev–Trinajstić information content (AvgIpc) is 2.64. The van der Waals surface area contributed by atoms with Gasteiger partial charge in [-0.15, -0.1) is 0 Å². The Morgan fingerprint density at radius 3 is 2.67 bits per heavy atom. The summed E-state index contributed by atoms with van der Waals surface area (Å²) < 4.78 is 51.0. The van der Waals surface area contributed by atoms with Crippen LogP contribution in [0.5, 0.6) is 0 Å². The molecule has 160 valence electrons. The maximum Gasteiger partial charge on any atom is 0.269 e. The first-order valence-corrected chi connectivity index (χ1v) is 10.7. The molecule has 1 aromatic heterocycles. The molecule has 0 radical (unpaired) electrons. The molecular weight excluding hydrogens is 438 g/mol. The quantitative estimate of drug-likeness (QED) is 0.731. The van der Waals surface area contributed by atoms with Gasteiger partial charge in [-0.2, -0.15) is 0 Å². The SMILES string of the molecule is Cc1nc(N2C=CCC(F)(F)C2)c(C(=O)Nc2cccc(S(N)(=O)=O)c2)c(C)c1Cl. The molecule has 0 bridgehead atoms. The second-order valence-corrected chi connectivity index (χ2v) is 8.87. The number of nitrogens with zero attached hydrogens (tertiary/aromatic N) is 2. The number of nitrogens with two attached hydrogens (primary N) is 1. The lowest BCUT2D eigenvalue weighted by molar-refractivity contribution is 0.0105.